The number of hydrogen-bond donors (Lipinski definition) is 1. The fraction of sp³-hybridized carbons (Fsp3) is 0.200. The summed E-state index contributed by atoms with van der Waals surface area (Å²) in [5.41, 5.74) is 1.63. The van der Waals surface area contributed by atoms with Crippen LogP contribution in [0.4, 0.5) is 5.69 Å². The molecule has 0 saturated heterocycles. The lowest BCUT2D eigenvalue weighted by Gasteiger charge is -2.01. The van der Waals surface area contributed by atoms with Gasteiger partial charge >= 0.3 is 0 Å². The van der Waals surface area contributed by atoms with Crippen LogP contribution in [-0.4, -0.2) is 19.7 Å². The van der Waals surface area contributed by atoms with Crippen molar-refractivity contribution in [3.63, 3.8) is 0 Å². The Labute approximate surface area is 102 Å². The zero-order valence-electron chi connectivity index (χ0n) is 9.30. The molecule has 6 nitrogen and oxygen atoms in total. The largest absolute Gasteiger partial charge is 0.279 e. The average molecular weight is 250 g/mol. The van der Waals surface area contributed by atoms with E-state index in [0.717, 1.165) is 5.56 Å². The maximum atomic E-state index is 10.7. The average Bonchev–Trinajstić information content (AvgIpc) is 2.59. The van der Waals surface area contributed by atoms with Gasteiger partial charge in [-0.2, -0.15) is 4.98 Å². The molecule has 0 saturated carbocycles. The van der Waals surface area contributed by atoms with Crippen LogP contribution < -0.4 is 0 Å². The molecule has 1 N–H and O–H groups in total. The molecule has 0 aliphatic rings. The van der Waals surface area contributed by atoms with Gasteiger partial charge in [-0.05, 0) is 24.7 Å². The van der Waals surface area contributed by atoms with Gasteiger partial charge in [-0.25, -0.2) is 0 Å². The second-order valence-corrected chi connectivity index (χ2v) is 4.04. The van der Waals surface area contributed by atoms with Crippen molar-refractivity contribution in [2.75, 3.05) is 0 Å². The van der Waals surface area contributed by atoms with Crippen LogP contribution in [0.1, 0.15) is 5.56 Å². The second-order valence-electron chi connectivity index (χ2n) is 3.67. The highest BCUT2D eigenvalue weighted by atomic mass is 32.1. The number of aryl methyl sites for hydroxylation is 2. The van der Waals surface area contributed by atoms with Crippen molar-refractivity contribution in [1.29, 1.82) is 0 Å². The summed E-state index contributed by atoms with van der Waals surface area (Å²) in [5, 5.41) is 13.7. The highest BCUT2D eigenvalue weighted by Crippen LogP contribution is 2.24. The molecule has 0 aliphatic heterocycles. The molecule has 0 spiro atoms. The van der Waals surface area contributed by atoms with Gasteiger partial charge in [0, 0.05) is 24.7 Å². The molecule has 0 aliphatic carbocycles. The van der Waals surface area contributed by atoms with Crippen molar-refractivity contribution in [2.24, 2.45) is 7.05 Å². The minimum Gasteiger partial charge on any atom is -0.279 e. The molecule has 1 aromatic carbocycles. The minimum absolute atomic E-state index is 0.0376. The highest BCUT2D eigenvalue weighted by Gasteiger charge is 2.12. The first-order valence-electron chi connectivity index (χ1n) is 4.87. The summed E-state index contributed by atoms with van der Waals surface area (Å²) < 4.78 is 1.99. The van der Waals surface area contributed by atoms with E-state index in [1.807, 2.05) is 6.92 Å². The standard InChI is InChI=1S/C10H10N4O2S/c1-6-3-4-7(14(15)16)5-8(6)9-11-10(17)13(2)12-9/h3-5H,1-2H3,(H,11,12,17). The Morgan fingerprint density at radius 1 is 1.53 bits per heavy atom. The maximum Gasteiger partial charge on any atom is 0.270 e. The van der Waals surface area contributed by atoms with Gasteiger partial charge in [-0.1, -0.05) is 6.07 Å². The van der Waals surface area contributed by atoms with E-state index in [2.05, 4.69) is 10.1 Å². The molecule has 0 amide bonds. The van der Waals surface area contributed by atoms with Crippen LogP contribution >= 0.6 is 12.2 Å². The lowest BCUT2D eigenvalue weighted by Crippen LogP contribution is -1.93. The Hall–Kier alpha value is -2.02. The third kappa shape index (κ3) is 2.09. The smallest absolute Gasteiger partial charge is 0.270 e. The topological polar surface area (TPSA) is 76.8 Å². The molecule has 1 aromatic heterocycles. The number of nitro groups is 1. The summed E-state index contributed by atoms with van der Waals surface area (Å²) in [5.74, 6) is 0.540. The molecule has 0 atom stereocenters. The number of non-ortho nitro benzene ring substituents is 1. The Morgan fingerprint density at radius 2 is 2.24 bits per heavy atom. The van der Waals surface area contributed by atoms with E-state index in [4.69, 9.17) is 12.2 Å². The predicted octanol–water partition coefficient (Wildman–Crippen LogP) is 2.36. The van der Waals surface area contributed by atoms with Crippen molar-refractivity contribution in [3.05, 3.63) is 38.6 Å². The van der Waals surface area contributed by atoms with E-state index in [-0.39, 0.29) is 5.69 Å². The van der Waals surface area contributed by atoms with Gasteiger partial charge in [-0.15, -0.1) is 0 Å². The van der Waals surface area contributed by atoms with E-state index in [1.54, 1.807) is 17.8 Å². The van der Waals surface area contributed by atoms with Crippen molar-refractivity contribution in [2.45, 2.75) is 6.92 Å². The summed E-state index contributed by atoms with van der Waals surface area (Å²) in [7, 11) is 1.74. The molecule has 0 radical (unpaired) electrons. The lowest BCUT2D eigenvalue weighted by molar-refractivity contribution is -0.384. The molecule has 0 unspecified atom stereocenters. The van der Waals surface area contributed by atoms with Crippen molar-refractivity contribution >= 4 is 17.9 Å². The van der Waals surface area contributed by atoms with Crippen molar-refractivity contribution < 1.29 is 4.92 Å². The number of nitro benzene ring substituents is 1. The maximum absolute atomic E-state index is 10.7. The van der Waals surface area contributed by atoms with Crippen LogP contribution in [0.25, 0.3) is 11.4 Å². The first kappa shape index (κ1) is 11.5. The van der Waals surface area contributed by atoms with E-state index in [1.165, 1.54) is 12.1 Å². The van der Waals surface area contributed by atoms with E-state index in [0.29, 0.717) is 16.2 Å². The molecular weight excluding hydrogens is 240 g/mol. The number of nitrogens with zero attached hydrogens (tertiary/aromatic N) is 3. The molecule has 0 fully saturated rings. The number of rotatable bonds is 2. The third-order valence-corrected chi connectivity index (χ3v) is 2.82. The fourth-order valence-electron chi connectivity index (χ4n) is 1.50. The molecule has 2 aromatic rings. The third-order valence-electron chi connectivity index (χ3n) is 2.46. The lowest BCUT2D eigenvalue weighted by atomic mass is 10.1. The summed E-state index contributed by atoms with van der Waals surface area (Å²) in [6, 6.07) is 4.65. The zero-order valence-corrected chi connectivity index (χ0v) is 10.1. The Bertz CT molecular complexity index is 644. The fourth-order valence-corrected chi connectivity index (χ4v) is 1.64. The van der Waals surface area contributed by atoms with Gasteiger partial charge < -0.3 is 0 Å². The zero-order chi connectivity index (χ0) is 12.6. The number of H-pyrrole nitrogens is 1. The molecule has 2 rings (SSSR count). The number of benzene rings is 1. The SMILES string of the molecule is Cc1ccc([N+](=O)[O-])cc1-c1nc(=S)n(C)[nH]1. The molecular formula is C10H10N4O2S. The second kappa shape index (κ2) is 4.10. The van der Waals surface area contributed by atoms with Crippen LogP contribution in [0.2, 0.25) is 0 Å². The Morgan fingerprint density at radius 3 is 2.76 bits per heavy atom. The summed E-state index contributed by atoms with van der Waals surface area (Å²) in [6.07, 6.45) is 0. The Kier molecular flexibility index (Phi) is 2.76. The quantitative estimate of drug-likeness (QED) is 0.504. The van der Waals surface area contributed by atoms with Crippen molar-refractivity contribution in [1.82, 2.24) is 14.8 Å². The van der Waals surface area contributed by atoms with E-state index < -0.39 is 4.92 Å². The number of aromatic amines is 1. The highest BCUT2D eigenvalue weighted by molar-refractivity contribution is 7.71. The normalized spacial score (nSPS) is 10.5. The van der Waals surface area contributed by atoms with Crippen LogP contribution in [0, 0.1) is 21.8 Å². The van der Waals surface area contributed by atoms with Gasteiger partial charge in [0.15, 0.2) is 5.82 Å². The van der Waals surface area contributed by atoms with Crippen LogP contribution in [0.5, 0.6) is 0 Å². The number of nitrogens with one attached hydrogen (secondary N) is 1. The van der Waals surface area contributed by atoms with Gasteiger partial charge in [0.2, 0.25) is 4.77 Å². The molecule has 88 valence electrons. The summed E-state index contributed by atoms with van der Waals surface area (Å²) in [6.45, 7) is 1.87. The minimum atomic E-state index is -0.430. The predicted molar refractivity (Wildman–Crippen MR) is 65.2 cm³/mol. The summed E-state index contributed by atoms with van der Waals surface area (Å²) >= 11 is 4.99. The molecule has 0 bridgehead atoms. The Balaban J connectivity index is 2.61. The number of aromatic nitrogens is 3. The van der Waals surface area contributed by atoms with Gasteiger partial charge in [0.05, 0.1) is 4.92 Å². The molecule has 17 heavy (non-hydrogen) atoms. The van der Waals surface area contributed by atoms with Crippen LogP contribution in [0.3, 0.4) is 0 Å². The molecule has 7 heteroatoms. The van der Waals surface area contributed by atoms with E-state index in [9.17, 15) is 10.1 Å². The monoisotopic (exact) mass is 250 g/mol. The van der Waals surface area contributed by atoms with Gasteiger partial charge in [-0.3, -0.25) is 19.9 Å². The summed E-state index contributed by atoms with van der Waals surface area (Å²) in [4.78, 5) is 14.4. The van der Waals surface area contributed by atoms with Crippen molar-refractivity contribution in [3.8, 4) is 11.4 Å². The van der Waals surface area contributed by atoms with Crippen LogP contribution in [0.15, 0.2) is 18.2 Å². The van der Waals surface area contributed by atoms with E-state index >= 15 is 0 Å². The van der Waals surface area contributed by atoms with Gasteiger partial charge in [0.1, 0.15) is 0 Å². The first-order chi connectivity index (χ1) is 7.99. The van der Waals surface area contributed by atoms with Gasteiger partial charge in [0.25, 0.3) is 5.69 Å². The number of hydrogen-bond acceptors (Lipinski definition) is 4. The first-order valence-corrected chi connectivity index (χ1v) is 5.28. The van der Waals surface area contributed by atoms with Crippen LogP contribution in [-0.2, 0) is 7.05 Å². The molecule has 1 heterocycles.